The monoisotopic (exact) mass is 348 g/mol. The second-order valence-electron chi connectivity index (χ2n) is 6.76. The number of rotatable bonds is 6. The first-order valence-electron chi connectivity index (χ1n) is 7.99. The molecule has 24 heavy (non-hydrogen) atoms. The van der Waals surface area contributed by atoms with E-state index in [1.54, 1.807) is 0 Å². The first-order valence-corrected chi connectivity index (χ1v) is 8.80. The van der Waals surface area contributed by atoms with Gasteiger partial charge in [0.05, 0.1) is 0 Å². The molecule has 0 bridgehead atoms. The Labute approximate surface area is 146 Å². The highest BCUT2D eigenvalue weighted by molar-refractivity contribution is 7.19. The van der Waals surface area contributed by atoms with Crippen molar-refractivity contribution in [3.63, 3.8) is 0 Å². The predicted octanol–water partition coefficient (Wildman–Crippen LogP) is 2.60. The molecule has 1 aromatic heterocycles. The first kappa shape index (κ1) is 18.4. The number of fused-ring (bicyclic) bond motifs is 1. The highest BCUT2D eigenvalue weighted by Crippen LogP contribution is 2.29. The van der Waals surface area contributed by atoms with E-state index in [1.165, 1.54) is 11.3 Å². The minimum absolute atomic E-state index is 0.0828. The van der Waals surface area contributed by atoms with Gasteiger partial charge in [-0.25, -0.2) is 0 Å². The quantitative estimate of drug-likeness (QED) is 0.751. The van der Waals surface area contributed by atoms with Gasteiger partial charge in [-0.05, 0) is 17.5 Å². The summed E-state index contributed by atoms with van der Waals surface area (Å²) in [5.41, 5.74) is -0.464. The van der Waals surface area contributed by atoms with Gasteiger partial charge in [0.2, 0.25) is 11.8 Å². The third-order valence-electron chi connectivity index (χ3n) is 3.58. The van der Waals surface area contributed by atoms with Crippen molar-refractivity contribution in [3.8, 4) is 0 Å². The van der Waals surface area contributed by atoms with E-state index in [-0.39, 0.29) is 24.8 Å². The Hall–Kier alpha value is -1.92. The van der Waals surface area contributed by atoms with Crippen LogP contribution in [0.1, 0.15) is 38.2 Å². The molecule has 0 saturated carbocycles. The second kappa shape index (κ2) is 7.77. The van der Waals surface area contributed by atoms with E-state index in [0.29, 0.717) is 6.54 Å². The molecule has 3 N–H and O–H groups in total. The van der Waals surface area contributed by atoms with Crippen molar-refractivity contribution in [3.05, 3.63) is 35.2 Å². The number of aliphatic hydroxyl groups is 1. The standard InChI is InChI=1S/C18H24N2O3S/c1-18(2,3)17(23)19-9-8-16(22)20-11-13(21)15-10-12-6-4-5-7-14(12)24-15/h4-7,10,13,21H,8-9,11H2,1-3H3,(H,19,23)(H,20,22). The molecule has 2 rings (SSSR count). The molecule has 0 aliphatic rings. The van der Waals surface area contributed by atoms with Gasteiger partial charge in [-0.15, -0.1) is 11.3 Å². The molecule has 0 radical (unpaired) electrons. The molecule has 0 saturated heterocycles. The summed E-state index contributed by atoms with van der Waals surface area (Å²) >= 11 is 1.52. The fraction of sp³-hybridized carbons (Fsp3) is 0.444. The van der Waals surface area contributed by atoms with E-state index in [0.717, 1.165) is 15.0 Å². The normalized spacial score (nSPS) is 12.8. The van der Waals surface area contributed by atoms with Crippen LogP contribution in [-0.2, 0) is 9.59 Å². The molecule has 130 valence electrons. The summed E-state index contributed by atoms with van der Waals surface area (Å²) in [6.45, 7) is 5.93. The number of amides is 2. The van der Waals surface area contributed by atoms with Crippen molar-refractivity contribution in [2.75, 3.05) is 13.1 Å². The van der Waals surface area contributed by atoms with E-state index in [1.807, 2.05) is 51.1 Å². The molecule has 2 aromatic rings. The summed E-state index contributed by atoms with van der Waals surface area (Å²) < 4.78 is 1.11. The van der Waals surface area contributed by atoms with Crippen molar-refractivity contribution in [2.45, 2.75) is 33.3 Å². The highest BCUT2D eigenvalue weighted by Gasteiger charge is 2.20. The Bertz CT molecular complexity index is 685. The topological polar surface area (TPSA) is 78.4 Å². The fourth-order valence-corrected chi connectivity index (χ4v) is 3.17. The van der Waals surface area contributed by atoms with Crippen LogP contribution < -0.4 is 10.6 Å². The zero-order valence-corrected chi connectivity index (χ0v) is 15.1. The molecule has 0 aliphatic heterocycles. The average molecular weight is 348 g/mol. The summed E-state index contributed by atoms with van der Waals surface area (Å²) in [6.07, 6.45) is -0.531. The zero-order chi connectivity index (χ0) is 17.7. The first-order chi connectivity index (χ1) is 11.3. The molecular formula is C18H24N2O3S. The van der Waals surface area contributed by atoms with E-state index < -0.39 is 11.5 Å². The Kier molecular flexibility index (Phi) is 5.96. The summed E-state index contributed by atoms with van der Waals surface area (Å²) in [6, 6.07) is 9.87. The number of benzene rings is 1. The fourth-order valence-electron chi connectivity index (χ4n) is 2.12. The van der Waals surface area contributed by atoms with Crippen LogP contribution in [-0.4, -0.2) is 30.0 Å². The van der Waals surface area contributed by atoms with Gasteiger partial charge in [-0.1, -0.05) is 39.0 Å². The second-order valence-corrected chi connectivity index (χ2v) is 7.88. The largest absolute Gasteiger partial charge is 0.386 e. The van der Waals surface area contributed by atoms with Gasteiger partial charge < -0.3 is 15.7 Å². The smallest absolute Gasteiger partial charge is 0.225 e. The molecule has 6 heteroatoms. The lowest BCUT2D eigenvalue weighted by atomic mass is 9.96. The van der Waals surface area contributed by atoms with Crippen LogP contribution >= 0.6 is 11.3 Å². The van der Waals surface area contributed by atoms with Crippen LogP contribution in [0.5, 0.6) is 0 Å². The van der Waals surface area contributed by atoms with Crippen molar-refractivity contribution < 1.29 is 14.7 Å². The number of carbonyl (C=O) groups excluding carboxylic acids is 2. The van der Waals surface area contributed by atoms with Gasteiger partial charge in [-0.3, -0.25) is 9.59 Å². The van der Waals surface area contributed by atoms with Gasteiger partial charge in [0, 0.05) is 34.5 Å². The number of carbonyl (C=O) groups is 2. The maximum absolute atomic E-state index is 11.8. The lowest BCUT2D eigenvalue weighted by Crippen LogP contribution is -2.37. The van der Waals surface area contributed by atoms with Crippen LogP contribution in [0, 0.1) is 5.41 Å². The SMILES string of the molecule is CC(C)(C)C(=O)NCCC(=O)NCC(O)c1cc2ccccc2s1. The van der Waals surface area contributed by atoms with Crippen molar-refractivity contribution >= 4 is 33.2 Å². The van der Waals surface area contributed by atoms with Gasteiger partial charge in [-0.2, -0.15) is 0 Å². The molecule has 1 atom stereocenters. The lowest BCUT2D eigenvalue weighted by Gasteiger charge is -2.17. The van der Waals surface area contributed by atoms with Crippen LogP contribution in [0.3, 0.4) is 0 Å². The maximum atomic E-state index is 11.8. The molecule has 1 aromatic carbocycles. The Morgan fingerprint density at radius 3 is 2.58 bits per heavy atom. The molecule has 0 spiro atoms. The number of hydrogen-bond acceptors (Lipinski definition) is 4. The van der Waals surface area contributed by atoms with Gasteiger partial charge >= 0.3 is 0 Å². The van der Waals surface area contributed by atoms with E-state index >= 15 is 0 Å². The maximum Gasteiger partial charge on any atom is 0.225 e. The average Bonchev–Trinajstić information content (AvgIpc) is 2.95. The van der Waals surface area contributed by atoms with Crippen LogP contribution in [0.25, 0.3) is 10.1 Å². The third-order valence-corrected chi connectivity index (χ3v) is 4.80. The van der Waals surface area contributed by atoms with E-state index in [2.05, 4.69) is 10.6 Å². The van der Waals surface area contributed by atoms with E-state index in [4.69, 9.17) is 0 Å². The van der Waals surface area contributed by atoms with Gasteiger partial charge in [0.25, 0.3) is 0 Å². The zero-order valence-electron chi connectivity index (χ0n) is 14.3. The minimum Gasteiger partial charge on any atom is -0.386 e. The summed E-state index contributed by atoms with van der Waals surface area (Å²) in [5.74, 6) is -0.273. The Balaban J connectivity index is 1.76. The van der Waals surface area contributed by atoms with Crippen molar-refractivity contribution in [2.24, 2.45) is 5.41 Å². The predicted molar refractivity (Wildman–Crippen MR) is 96.9 cm³/mol. The molecule has 5 nitrogen and oxygen atoms in total. The van der Waals surface area contributed by atoms with Crippen LogP contribution in [0.2, 0.25) is 0 Å². The summed E-state index contributed by atoms with van der Waals surface area (Å²) in [4.78, 5) is 24.3. The highest BCUT2D eigenvalue weighted by atomic mass is 32.1. The minimum atomic E-state index is -0.726. The van der Waals surface area contributed by atoms with Crippen LogP contribution in [0.15, 0.2) is 30.3 Å². The van der Waals surface area contributed by atoms with Crippen molar-refractivity contribution in [1.29, 1.82) is 0 Å². The molecule has 1 unspecified atom stereocenters. The number of aliphatic hydroxyl groups excluding tert-OH is 1. The Morgan fingerprint density at radius 1 is 1.21 bits per heavy atom. The number of hydrogen-bond donors (Lipinski definition) is 3. The third kappa shape index (κ3) is 5.04. The molecule has 1 heterocycles. The van der Waals surface area contributed by atoms with Gasteiger partial charge in [0.1, 0.15) is 6.10 Å². The molecule has 2 amide bonds. The van der Waals surface area contributed by atoms with Crippen LogP contribution in [0.4, 0.5) is 0 Å². The van der Waals surface area contributed by atoms with Gasteiger partial charge in [0.15, 0.2) is 0 Å². The summed E-state index contributed by atoms with van der Waals surface area (Å²) in [5, 5.41) is 16.7. The molecular weight excluding hydrogens is 324 g/mol. The number of nitrogens with one attached hydrogen (secondary N) is 2. The molecule has 0 fully saturated rings. The summed E-state index contributed by atoms with van der Waals surface area (Å²) in [7, 11) is 0. The van der Waals surface area contributed by atoms with Crippen molar-refractivity contribution in [1.82, 2.24) is 10.6 Å². The Morgan fingerprint density at radius 2 is 1.92 bits per heavy atom. The molecule has 0 aliphatic carbocycles. The lowest BCUT2D eigenvalue weighted by molar-refractivity contribution is -0.128. The number of thiophene rings is 1. The van der Waals surface area contributed by atoms with E-state index in [9.17, 15) is 14.7 Å².